The van der Waals surface area contributed by atoms with Crippen molar-refractivity contribution in [1.29, 1.82) is 0 Å². The van der Waals surface area contributed by atoms with E-state index < -0.39 is 5.91 Å². The second kappa shape index (κ2) is 7.09. The van der Waals surface area contributed by atoms with Gasteiger partial charge in [-0.3, -0.25) is 10.1 Å². The van der Waals surface area contributed by atoms with Gasteiger partial charge in [-0.05, 0) is 54.4 Å². The average Bonchev–Trinajstić information content (AvgIpc) is 3.03. The molecule has 22 heavy (non-hydrogen) atoms. The van der Waals surface area contributed by atoms with Gasteiger partial charge in [-0.25, -0.2) is 0 Å². The Bertz CT molecular complexity index is 668. The molecular weight excluding hydrogens is 300 g/mol. The molecule has 1 atom stereocenters. The Morgan fingerprint density at radius 3 is 2.82 bits per heavy atom. The van der Waals surface area contributed by atoms with Crippen LogP contribution in [0.2, 0.25) is 0 Å². The first-order chi connectivity index (χ1) is 10.5. The molecule has 1 heterocycles. The van der Waals surface area contributed by atoms with E-state index >= 15 is 0 Å². The first-order valence-electron chi connectivity index (χ1n) is 7.00. The van der Waals surface area contributed by atoms with Crippen LogP contribution in [-0.4, -0.2) is 16.1 Å². The Kier molecular flexibility index (Phi) is 5.16. The van der Waals surface area contributed by atoms with Crippen molar-refractivity contribution in [2.75, 3.05) is 5.32 Å². The van der Waals surface area contributed by atoms with Gasteiger partial charge in [0.25, 0.3) is 5.91 Å². The SMILES string of the molecule is CCC(C)c1ccc(O)c(NC(=S)NC(=O)c2ccco2)c1. The number of benzene rings is 1. The zero-order chi connectivity index (χ0) is 16.1. The van der Waals surface area contributed by atoms with Gasteiger partial charge >= 0.3 is 0 Å². The predicted molar refractivity (Wildman–Crippen MR) is 89.2 cm³/mol. The fourth-order valence-electron chi connectivity index (χ4n) is 1.92. The van der Waals surface area contributed by atoms with Crippen LogP contribution in [0.5, 0.6) is 5.75 Å². The van der Waals surface area contributed by atoms with Crippen molar-refractivity contribution in [3.8, 4) is 5.75 Å². The number of carbonyl (C=O) groups excluding carboxylic acids is 1. The number of thiocarbonyl (C=S) groups is 1. The molecule has 2 rings (SSSR count). The molecule has 1 aromatic heterocycles. The molecule has 0 saturated carbocycles. The minimum Gasteiger partial charge on any atom is -0.506 e. The second-order valence-corrected chi connectivity index (χ2v) is 5.38. The number of nitrogens with one attached hydrogen (secondary N) is 2. The van der Waals surface area contributed by atoms with E-state index in [-0.39, 0.29) is 16.6 Å². The third-order valence-corrected chi connectivity index (χ3v) is 3.63. The fourth-order valence-corrected chi connectivity index (χ4v) is 2.12. The molecule has 0 bridgehead atoms. The van der Waals surface area contributed by atoms with E-state index in [4.69, 9.17) is 16.6 Å². The van der Waals surface area contributed by atoms with Crippen LogP contribution in [0, 0.1) is 0 Å². The molecule has 3 N–H and O–H groups in total. The van der Waals surface area contributed by atoms with Gasteiger partial charge in [-0.2, -0.15) is 0 Å². The van der Waals surface area contributed by atoms with Crippen molar-refractivity contribution in [3.63, 3.8) is 0 Å². The van der Waals surface area contributed by atoms with Gasteiger partial charge in [0.05, 0.1) is 12.0 Å². The zero-order valence-corrected chi connectivity index (χ0v) is 13.2. The van der Waals surface area contributed by atoms with Crippen LogP contribution in [0.4, 0.5) is 5.69 Å². The average molecular weight is 318 g/mol. The number of aromatic hydroxyl groups is 1. The van der Waals surface area contributed by atoms with Gasteiger partial charge in [-0.15, -0.1) is 0 Å². The number of amides is 1. The molecule has 1 amide bonds. The highest BCUT2D eigenvalue weighted by Gasteiger charge is 2.12. The summed E-state index contributed by atoms with van der Waals surface area (Å²) in [5.41, 5.74) is 1.55. The molecule has 1 aromatic carbocycles. The maximum absolute atomic E-state index is 11.8. The molecule has 0 saturated heterocycles. The minimum atomic E-state index is -0.444. The second-order valence-electron chi connectivity index (χ2n) is 4.97. The summed E-state index contributed by atoms with van der Waals surface area (Å²) >= 11 is 5.09. The zero-order valence-electron chi connectivity index (χ0n) is 12.4. The van der Waals surface area contributed by atoms with Crippen LogP contribution in [-0.2, 0) is 0 Å². The predicted octanol–water partition coefficient (Wildman–Crippen LogP) is 3.63. The van der Waals surface area contributed by atoms with Gasteiger partial charge in [0.1, 0.15) is 5.75 Å². The number of furan rings is 1. The molecule has 5 nitrogen and oxygen atoms in total. The molecule has 0 fully saturated rings. The molecule has 6 heteroatoms. The lowest BCUT2D eigenvalue weighted by Crippen LogP contribution is -2.33. The molecule has 2 aromatic rings. The van der Waals surface area contributed by atoms with Crippen molar-refractivity contribution in [1.82, 2.24) is 5.32 Å². The van der Waals surface area contributed by atoms with E-state index in [1.165, 1.54) is 6.26 Å². The third-order valence-electron chi connectivity index (χ3n) is 3.42. The topological polar surface area (TPSA) is 74.5 Å². The lowest BCUT2D eigenvalue weighted by molar-refractivity contribution is 0.0950. The molecular formula is C16H18N2O3S. The first-order valence-corrected chi connectivity index (χ1v) is 7.40. The number of hydrogen-bond acceptors (Lipinski definition) is 4. The first kappa shape index (κ1) is 16.0. The molecule has 1 unspecified atom stereocenters. The quantitative estimate of drug-likeness (QED) is 0.593. The minimum absolute atomic E-state index is 0.0710. The van der Waals surface area contributed by atoms with Crippen LogP contribution in [0.1, 0.15) is 42.3 Å². The number of carbonyl (C=O) groups is 1. The van der Waals surface area contributed by atoms with E-state index in [9.17, 15) is 9.90 Å². The van der Waals surface area contributed by atoms with E-state index in [1.54, 1.807) is 18.2 Å². The summed E-state index contributed by atoms with van der Waals surface area (Å²) in [6.45, 7) is 4.20. The highest BCUT2D eigenvalue weighted by Crippen LogP contribution is 2.28. The number of phenols is 1. The van der Waals surface area contributed by atoms with Gasteiger partial charge in [-0.1, -0.05) is 19.9 Å². The highest BCUT2D eigenvalue weighted by atomic mass is 32.1. The van der Waals surface area contributed by atoms with Crippen molar-refractivity contribution >= 4 is 28.9 Å². The summed E-state index contributed by atoms with van der Waals surface area (Å²) in [7, 11) is 0. The Morgan fingerprint density at radius 1 is 1.41 bits per heavy atom. The van der Waals surface area contributed by atoms with Crippen LogP contribution < -0.4 is 10.6 Å². The number of rotatable bonds is 4. The van der Waals surface area contributed by atoms with Gasteiger partial charge in [0, 0.05) is 0 Å². The van der Waals surface area contributed by atoms with Gasteiger partial charge in [0.15, 0.2) is 10.9 Å². The Labute approximate surface area is 134 Å². The maximum Gasteiger partial charge on any atom is 0.293 e. The van der Waals surface area contributed by atoms with Crippen molar-refractivity contribution in [2.24, 2.45) is 0 Å². The Morgan fingerprint density at radius 2 is 2.18 bits per heavy atom. The maximum atomic E-state index is 11.8. The van der Waals surface area contributed by atoms with Crippen LogP contribution in [0.3, 0.4) is 0 Å². The summed E-state index contributed by atoms with van der Waals surface area (Å²) < 4.78 is 4.99. The Hall–Kier alpha value is -2.34. The van der Waals surface area contributed by atoms with Crippen LogP contribution in [0.25, 0.3) is 0 Å². The number of hydrogen-bond donors (Lipinski definition) is 3. The molecule has 0 aliphatic rings. The van der Waals surface area contributed by atoms with E-state index in [2.05, 4.69) is 24.5 Å². The summed E-state index contributed by atoms with van der Waals surface area (Å²) in [4.78, 5) is 11.8. The molecule has 0 spiro atoms. The Balaban J connectivity index is 2.06. The summed E-state index contributed by atoms with van der Waals surface area (Å²) in [5.74, 6) is 0.163. The number of phenolic OH excluding ortho intramolecular Hbond substituents is 1. The lowest BCUT2D eigenvalue weighted by atomic mass is 9.98. The van der Waals surface area contributed by atoms with Crippen molar-refractivity contribution in [3.05, 3.63) is 47.9 Å². The summed E-state index contributed by atoms with van der Waals surface area (Å²) in [5, 5.41) is 15.3. The van der Waals surface area contributed by atoms with E-state index in [0.717, 1.165) is 12.0 Å². The summed E-state index contributed by atoms with van der Waals surface area (Å²) in [6.07, 6.45) is 2.40. The molecule has 0 aliphatic heterocycles. The van der Waals surface area contributed by atoms with Crippen molar-refractivity contribution < 1.29 is 14.3 Å². The fraction of sp³-hybridized carbons (Fsp3) is 0.250. The van der Waals surface area contributed by atoms with Crippen molar-refractivity contribution in [2.45, 2.75) is 26.2 Å². The largest absolute Gasteiger partial charge is 0.506 e. The molecule has 0 aliphatic carbocycles. The standard InChI is InChI=1S/C16H18N2O3S/c1-3-10(2)11-6-7-13(19)12(9-11)17-16(22)18-15(20)14-5-4-8-21-14/h4-10,19H,3H2,1-2H3,(H2,17,18,20,22). The third kappa shape index (κ3) is 3.85. The lowest BCUT2D eigenvalue weighted by Gasteiger charge is -2.14. The monoisotopic (exact) mass is 318 g/mol. The normalized spacial score (nSPS) is 11.7. The molecule has 116 valence electrons. The van der Waals surface area contributed by atoms with Crippen LogP contribution in [0.15, 0.2) is 41.0 Å². The summed E-state index contributed by atoms with van der Waals surface area (Å²) in [6, 6.07) is 8.47. The van der Waals surface area contributed by atoms with E-state index in [1.807, 2.05) is 12.1 Å². The number of anilines is 1. The van der Waals surface area contributed by atoms with Gasteiger partial charge < -0.3 is 14.8 Å². The molecule has 0 radical (unpaired) electrons. The smallest absolute Gasteiger partial charge is 0.293 e. The van der Waals surface area contributed by atoms with Crippen LogP contribution >= 0.6 is 12.2 Å². The highest BCUT2D eigenvalue weighted by molar-refractivity contribution is 7.80. The van der Waals surface area contributed by atoms with Gasteiger partial charge in [0.2, 0.25) is 0 Å². The van der Waals surface area contributed by atoms with E-state index in [0.29, 0.717) is 11.6 Å².